The van der Waals surface area contributed by atoms with Crippen LogP contribution in [0.4, 0.5) is 0 Å². The highest BCUT2D eigenvalue weighted by Crippen LogP contribution is 2.31. The molecule has 114 valence electrons. The van der Waals surface area contributed by atoms with E-state index in [2.05, 4.69) is 11.2 Å². The Morgan fingerprint density at radius 1 is 1.41 bits per heavy atom. The van der Waals surface area contributed by atoms with E-state index in [0.29, 0.717) is 24.2 Å². The van der Waals surface area contributed by atoms with Crippen molar-refractivity contribution < 1.29 is 13.2 Å². The van der Waals surface area contributed by atoms with Crippen LogP contribution in [-0.2, 0) is 16.4 Å². The van der Waals surface area contributed by atoms with Gasteiger partial charge in [0, 0.05) is 11.1 Å². The zero-order chi connectivity index (χ0) is 15.7. The van der Waals surface area contributed by atoms with Crippen molar-refractivity contribution in [1.82, 2.24) is 9.19 Å². The molecule has 1 heterocycles. The highest BCUT2D eigenvalue weighted by atomic mass is 32.2. The van der Waals surface area contributed by atoms with Crippen molar-refractivity contribution in [3.63, 3.8) is 0 Å². The van der Waals surface area contributed by atoms with Crippen molar-refractivity contribution in [2.75, 3.05) is 7.11 Å². The average molecular weight is 317 g/mol. The van der Waals surface area contributed by atoms with Crippen molar-refractivity contribution in [1.29, 1.82) is 5.26 Å². The molecule has 6 nitrogen and oxygen atoms in total. The Hall–Kier alpha value is -2.33. The van der Waals surface area contributed by atoms with Crippen molar-refractivity contribution in [3.8, 4) is 22.9 Å². The molecule has 22 heavy (non-hydrogen) atoms. The Kier molecular flexibility index (Phi) is 3.62. The molecular formula is C15H15N3O3S. The summed E-state index contributed by atoms with van der Waals surface area (Å²) in [7, 11) is -1.81. The minimum Gasteiger partial charge on any atom is -0.496 e. The second-order valence-electron chi connectivity index (χ2n) is 5.21. The lowest BCUT2D eigenvalue weighted by Crippen LogP contribution is -2.17. The number of hydrogen-bond acceptors (Lipinski definition) is 5. The number of ether oxygens (including phenoxy) is 1. The third-order valence-corrected chi connectivity index (χ3v) is 5.69. The number of rotatable bonds is 5. The first kappa shape index (κ1) is 14.6. The van der Waals surface area contributed by atoms with Gasteiger partial charge in [-0.3, -0.25) is 0 Å². The van der Waals surface area contributed by atoms with Crippen molar-refractivity contribution in [3.05, 3.63) is 36.2 Å². The maximum atomic E-state index is 12.1. The summed E-state index contributed by atoms with van der Waals surface area (Å²) in [6.45, 7) is 0. The Balaban J connectivity index is 1.95. The van der Waals surface area contributed by atoms with Crippen LogP contribution in [0.25, 0.3) is 11.1 Å². The van der Waals surface area contributed by atoms with Gasteiger partial charge in [0.2, 0.25) is 0 Å². The van der Waals surface area contributed by atoms with E-state index in [1.165, 1.54) is 12.4 Å². The fourth-order valence-corrected chi connectivity index (χ4v) is 3.74. The Morgan fingerprint density at radius 2 is 2.18 bits per heavy atom. The Morgan fingerprint density at radius 3 is 2.82 bits per heavy atom. The number of nitrogens with zero attached hydrogens (tertiary/aromatic N) is 3. The van der Waals surface area contributed by atoms with E-state index >= 15 is 0 Å². The summed E-state index contributed by atoms with van der Waals surface area (Å²) >= 11 is 0. The molecule has 0 aliphatic heterocycles. The van der Waals surface area contributed by atoms with E-state index in [1.807, 2.05) is 12.1 Å². The van der Waals surface area contributed by atoms with E-state index in [4.69, 9.17) is 10.00 Å². The zero-order valence-electron chi connectivity index (χ0n) is 12.1. The minimum absolute atomic E-state index is 0.263. The smallest absolute Gasteiger partial charge is 0.256 e. The first-order valence-corrected chi connectivity index (χ1v) is 8.40. The van der Waals surface area contributed by atoms with Crippen molar-refractivity contribution >= 4 is 10.0 Å². The van der Waals surface area contributed by atoms with Gasteiger partial charge in [0.1, 0.15) is 5.75 Å². The third-order valence-electron chi connectivity index (χ3n) is 3.66. The topological polar surface area (TPSA) is 85.0 Å². The number of aromatic nitrogens is 2. The van der Waals surface area contributed by atoms with Gasteiger partial charge in [-0.15, -0.1) is 0 Å². The zero-order valence-corrected chi connectivity index (χ0v) is 12.9. The van der Waals surface area contributed by atoms with Gasteiger partial charge >= 0.3 is 0 Å². The molecule has 0 bridgehead atoms. The van der Waals surface area contributed by atoms with Gasteiger partial charge in [0.25, 0.3) is 10.0 Å². The summed E-state index contributed by atoms with van der Waals surface area (Å²) in [6, 6.07) is 7.52. The van der Waals surface area contributed by atoms with Gasteiger partial charge in [-0.2, -0.15) is 14.4 Å². The van der Waals surface area contributed by atoms with Crippen molar-refractivity contribution in [2.24, 2.45) is 0 Å². The maximum absolute atomic E-state index is 12.1. The quantitative estimate of drug-likeness (QED) is 0.841. The van der Waals surface area contributed by atoms with Crippen LogP contribution in [0.5, 0.6) is 5.75 Å². The van der Waals surface area contributed by atoms with E-state index in [0.717, 1.165) is 15.2 Å². The third kappa shape index (κ3) is 2.57. The monoisotopic (exact) mass is 317 g/mol. The van der Waals surface area contributed by atoms with E-state index in [9.17, 15) is 8.42 Å². The molecule has 0 radical (unpaired) electrons. The minimum atomic E-state index is -3.35. The average Bonchev–Trinajstić information content (AvgIpc) is 3.26. The first-order valence-electron chi connectivity index (χ1n) is 6.89. The van der Waals surface area contributed by atoms with E-state index in [-0.39, 0.29) is 11.7 Å². The maximum Gasteiger partial charge on any atom is 0.256 e. The van der Waals surface area contributed by atoms with Crippen LogP contribution in [0, 0.1) is 11.3 Å². The SMILES string of the molecule is COc1cc(-c2cnn(S(=O)(=O)C3CC3)c2)ccc1CC#N. The molecule has 1 saturated carbocycles. The summed E-state index contributed by atoms with van der Waals surface area (Å²) in [6.07, 6.45) is 4.71. The molecule has 3 rings (SSSR count). The number of benzene rings is 1. The number of hydrogen-bond donors (Lipinski definition) is 0. The molecule has 1 aromatic heterocycles. The molecule has 0 spiro atoms. The molecule has 2 aromatic rings. The van der Waals surface area contributed by atoms with Gasteiger partial charge in [-0.25, -0.2) is 8.42 Å². The van der Waals surface area contributed by atoms with Crippen LogP contribution in [0.2, 0.25) is 0 Å². The van der Waals surface area contributed by atoms with Gasteiger partial charge in [-0.1, -0.05) is 12.1 Å². The van der Waals surface area contributed by atoms with Gasteiger partial charge in [0.05, 0.1) is 37.2 Å². The second-order valence-corrected chi connectivity index (χ2v) is 7.28. The molecule has 1 aromatic carbocycles. The van der Waals surface area contributed by atoms with Crippen LogP contribution in [0.15, 0.2) is 30.6 Å². The van der Waals surface area contributed by atoms with E-state index in [1.54, 1.807) is 13.2 Å². The fourth-order valence-electron chi connectivity index (χ4n) is 2.27. The lowest BCUT2D eigenvalue weighted by Gasteiger charge is -2.07. The van der Waals surface area contributed by atoms with Crippen LogP contribution in [-0.4, -0.2) is 30.0 Å². The Labute approximate surface area is 129 Å². The number of methoxy groups -OCH3 is 1. The summed E-state index contributed by atoms with van der Waals surface area (Å²) in [5.41, 5.74) is 2.30. The fraction of sp³-hybridized carbons (Fsp3) is 0.333. The summed E-state index contributed by atoms with van der Waals surface area (Å²) in [5.74, 6) is 0.608. The first-order chi connectivity index (χ1) is 10.6. The lowest BCUT2D eigenvalue weighted by molar-refractivity contribution is 0.411. The molecule has 0 unspecified atom stereocenters. The predicted octanol–water partition coefficient (Wildman–Crippen LogP) is 1.97. The standard InChI is InChI=1S/C15H15N3O3S/c1-21-15-8-12(3-2-11(15)6-7-16)13-9-17-18(10-13)22(19,20)14-4-5-14/h2-3,8-10,14H,4-6H2,1H3. The van der Waals surface area contributed by atoms with Gasteiger partial charge < -0.3 is 4.74 Å². The summed E-state index contributed by atoms with van der Waals surface area (Å²) < 4.78 is 30.6. The lowest BCUT2D eigenvalue weighted by atomic mass is 10.0. The number of nitriles is 1. The van der Waals surface area contributed by atoms with E-state index < -0.39 is 10.0 Å². The molecule has 1 aliphatic rings. The summed E-state index contributed by atoms with van der Waals surface area (Å²) in [5, 5.41) is 12.5. The molecule has 0 atom stereocenters. The molecule has 0 saturated heterocycles. The van der Waals surface area contributed by atoms with Gasteiger partial charge in [0.15, 0.2) is 0 Å². The largest absolute Gasteiger partial charge is 0.496 e. The normalized spacial score (nSPS) is 14.5. The summed E-state index contributed by atoms with van der Waals surface area (Å²) in [4.78, 5) is 0. The predicted molar refractivity (Wildman–Crippen MR) is 80.9 cm³/mol. The van der Waals surface area contributed by atoms with Crippen LogP contribution >= 0.6 is 0 Å². The van der Waals surface area contributed by atoms with Crippen LogP contribution in [0.3, 0.4) is 0 Å². The molecule has 1 fully saturated rings. The van der Waals surface area contributed by atoms with Crippen LogP contribution < -0.4 is 4.74 Å². The van der Waals surface area contributed by atoms with Crippen molar-refractivity contribution in [2.45, 2.75) is 24.5 Å². The molecule has 7 heteroatoms. The molecular weight excluding hydrogens is 302 g/mol. The highest BCUT2D eigenvalue weighted by Gasteiger charge is 2.37. The van der Waals surface area contributed by atoms with Gasteiger partial charge in [-0.05, 0) is 24.5 Å². The Bertz CT molecular complexity index is 845. The second kappa shape index (κ2) is 5.46. The molecule has 1 aliphatic carbocycles. The molecule has 0 amide bonds. The molecule has 0 N–H and O–H groups in total. The van der Waals surface area contributed by atoms with Crippen LogP contribution in [0.1, 0.15) is 18.4 Å². The highest BCUT2D eigenvalue weighted by molar-refractivity contribution is 7.90.